The molecule has 0 aliphatic carbocycles. The highest BCUT2D eigenvalue weighted by atomic mass is 16.3. The number of nitrogens with zero attached hydrogens (tertiary/aromatic N) is 2. The third-order valence-electron chi connectivity index (χ3n) is 3.10. The Morgan fingerprint density at radius 1 is 1.35 bits per heavy atom. The van der Waals surface area contributed by atoms with Gasteiger partial charge >= 0.3 is 6.03 Å². The predicted molar refractivity (Wildman–Crippen MR) is 80.2 cm³/mol. The van der Waals surface area contributed by atoms with E-state index < -0.39 is 0 Å². The Bertz CT molecular complexity index is 403. The highest BCUT2D eigenvalue weighted by Gasteiger charge is 2.25. The van der Waals surface area contributed by atoms with Crippen LogP contribution >= 0.6 is 0 Å². The van der Waals surface area contributed by atoms with Crippen molar-refractivity contribution in [1.82, 2.24) is 15.8 Å². The van der Waals surface area contributed by atoms with Crippen LogP contribution in [0.4, 0.5) is 4.79 Å². The van der Waals surface area contributed by atoms with E-state index in [0.29, 0.717) is 11.8 Å². The average molecular weight is 280 g/mol. The summed E-state index contributed by atoms with van der Waals surface area (Å²) in [6, 6.07) is -0.212. The lowest BCUT2D eigenvalue weighted by Crippen LogP contribution is -2.51. The quantitative estimate of drug-likeness (QED) is 0.419. The van der Waals surface area contributed by atoms with E-state index in [4.69, 9.17) is 0 Å². The average Bonchev–Trinajstić information content (AvgIpc) is 2.36. The number of aliphatic hydroxyl groups excluding tert-OH is 1. The van der Waals surface area contributed by atoms with Crippen molar-refractivity contribution >= 4 is 12.2 Å². The molecule has 0 aromatic rings. The molecule has 1 aliphatic rings. The van der Waals surface area contributed by atoms with Crippen LogP contribution in [0.2, 0.25) is 0 Å². The van der Waals surface area contributed by atoms with Gasteiger partial charge in [-0.15, -0.1) is 0 Å². The van der Waals surface area contributed by atoms with Crippen LogP contribution in [0.3, 0.4) is 0 Å². The van der Waals surface area contributed by atoms with E-state index in [0.717, 1.165) is 19.5 Å². The molecule has 0 saturated carbocycles. The summed E-state index contributed by atoms with van der Waals surface area (Å²) in [4.78, 5) is 17.8. The van der Waals surface area contributed by atoms with Gasteiger partial charge in [0.1, 0.15) is 5.76 Å². The first-order valence-electron chi connectivity index (χ1n) is 6.79. The molecule has 1 aliphatic heterocycles. The van der Waals surface area contributed by atoms with Crippen molar-refractivity contribution in [3.63, 3.8) is 0 Å². The van der Waals surface area contributed by atoms with Gasteiger partial charge in [-0.05, 0) is 25.2 Å². The van der Waals surface area contributed by atoms with Gasteiger partial charge < -0.3 is 10.0 Å². The monoisotopic (exact) mass is 280 g/mol. The number of rotatable bonds is 4. The number of hydrazine groups is 1. The molecule has 2 atom stereocenters. The van der Waals surface area contributed by atoms with Gasteiger partial charge in [0, 0.05) is 19.3 Å². The summed E-state index contributed by atoms with van der Waals surface area (Å²) in [6.07, 6.45) is 4.06. The van der Waals surface area contributed by atoms with E-state index >= 15 is 0 Å². The second-order valence-corrected chi connectivity index (χ2v) is 5.35. The predicted octanol–water partition coefficient (Wildman–Crippen LogP) is 2.18. The minimum atomic E-state index is -0.212. The van der Waals surface area contributed by atoms with Crippen molar-refractivity contribution in [2.24, 2.45) is 16.8 Å². The molecule has 6 heteroatoms. The standard InChI is InChI=1S/C14H24N4O2/c1-5-6-15-13(12(4)19)16-17-14(20)18-8-10(2)7-11(3)9-18/h5-6,10-11,16,19H,1,7-9H2,2-4H3,(H,17,20)/b13-12-,15-6-. The molecule has 2 unspecified atom stereocenters. The van der Waals surface area contributed by atoms with Crippen LogP contribution in [0.5, 0.6) is 0 Å². The van der Waals surface area contributed by atoms with E-state index in [1.165, 1.54) is 19.2 Å². The number of nitrogens with one attached hydrogen (secondary N) is 2. The molecule has 0 radical (unpaired) electrons. The first-order chi connectivity index (χ1) is 9.43. The van der Waals surface area contributed by atoms with Gasteiger partial charge in [0.2, 0.25) is 0 Å². The third-order valence-corrected chi connectivity index (χ3v) is 3.10. The first kappa shape index (κ1) is 16.1. The maximum Gasteiger partial charge on any atom is 0.336 e. The maximum absolute atomic E-state index is 12.1. The lowest BCUT2D eigenvalue weighted by Gasteiger charge is -2.34. The second-order valence-electron chi connectivity index (χ2n) is 5.35. The van der Waals surface area contributed by atoms with E-state index in [9.17, 15) is 9.90 Å². The highest BCUT2D eigenvalue weighted by Crippen LogP contribution is 2.20. The lowest BCUT2D eigenvalue weighted by atomic mass is 9.92. The topological polar surface area (TPSA) is 77.0 Å². The Kier molecular flexibility index (Phi) is 6.09. The van der Waals surface area contributed by atoms with E-state index in [1.54, 1.807) is 4.90 Å². The number of allylic oxidation sites excluding steroid dienone is 2. The summed E-state index contributed by atoms with van der Waals surface area (Å²) < 4.78 is 0. The minimum Gasteiger partial charge on any atom is -0.509 e. The van der Waals surface area contributed by atoms with Gasteiger partial charge in [-0.25, -0.2) is 9.79 Å². The van der Waals surface area contributed by atoms with Crippen LogP contribution in [0.25, 0.3) is 0 Å². The summed E-state index contributed by atoms with van der Waals surface area (Å²) >= 11 is 0. The van der Waals surface area contributed by atoms with Crippen LogP contribution in [0.1, 0.15) is 27.2 Å². The zero-order valence-corrected chi connectivity index (χ0v) is 12.4. The molecule has 20 heavy (non-hydrogen) atoms. The molecule has 1 saturated heterocycles. The molecule has 0 aromatic carbocycles. The second kappa shape index (κ2) is 7.57. The van der Waals surface area contributed by atoms with Crippen molar-refractivity contribution in [3.05, 3.63) is 24.2 Å². The van der Waals surface area contributed by atoms with Gasteiger partial charge in [0.25, 0.3) is 0 Å². The van der Waals surface area contributed by atoms with E-state index in [-0.39, 0.29) is 17.6 Å². The molecule has 3 N–H and O–H groups in total. The normalized spacial score (nSPS) is 24.2. The number of aliphatic hydroxyl groups is 1. The number of hydrogen-bond donors (Lipinski definition) is 3. The van der Waals surface area contributed by atoms with Crippen molar-refractivity contribution < 1.29 is 9.90 Å². The molecule has 0 bridgehead atoms. The maximum atomic E-state index is 12.1. The van der Waals surface area contributed by atoms with Crippen molar-refractivity contribution in [2.45, 2.75) is 27.2 Å². The molecular weight excluding hydrogens is 256 g/mol. The Morgan fingerprint density at radius 2 is 1.95 bits per heavy atom. The number of urea groups is 1. The molecule has 2 amide bonds. The van der Waals surface area contributed by atoms with E-state index in [2.05, 4.69) is 36.3 Å². The van der Waals surface area contributed by atoms with Gasteiger partial charge in [-0.3, -0.25) is 10.9 Å². The van der Waals surface area contributed by atoms with Gasteiger partial charge in [-0.2, -0.15) is 0 Å². The fourth-order valence-electron chi connectivity index (χ4n) is 2.36. The fourth-order valence-corrected chi connectivity index (χ4v) is 2.36. The molecule has 0 aromatic heterocycles. The van der Waals surface area contributed by atoms with Crippen LogP contribution in [0.15, 0.2) is 29.2 Å². The van der Waals surface area contributed by atoms with Crippen LogP contribution in [0, 0.1) is 11.8 Å². The zero-order valence-electron chi connectivity index (χ0n) is 12.4. The number of likely N-dealkylation sites (tertiary alicyclic amines) is 1. The van der Waals surface area contributed by atoms with Crippen molar-refractivity contribution in [1.29, 1.82) is 0 Å². The Labute approximate surface area is 120 Å². The molecule has 1 heterocycles. The third kappa shape index (κ3) is 4.95. The van der Waals surface area contributed by atoms with Crippen molar-refractivity contribution in [3.8, 4) is 0 Å². The summed E-state index contributed by atoms with van der Waals surface area (Å²) in [6.45, 7) is 10.7. The van der Waals surface area contributed by atoms with Gasteiger partial charge in [0.15, 0.2) is 5.82 Å². The molecular formula is C14H24N4O2. The van der Waals surface area contributed by atoms with Crippen LogP contribution < -0.4 is 10.9 Å². The number of aliphatic imine (C=N–C) groups is 1. The van der Waals surface area contributed by atoms with Crippen LogP contribution in [-0.4, -0.2) is 35.3 Å². The summed E-state index contributed by atoms with van der Waals surface area (Å²) in [5, 5.41) is 9.45. The number of carbonyl (C=O) groups is 1. The van der Waals surface area contributed by atoms with Gasteiger partial charge in [-0.1, -0.05) is 26.5 Å². The number of carbonyl (C=O) groups excluding carboxylic acids is 1. The molecule has 0 spiro atoms. The minimum absolute atomic E-state index is 0.0104. The lowest BCUT2D eigenvalue weighted by molar-refractivity contribution is 0.143. The molecule has 1 fully saturated rings. The number of hydrogen-bond acceptors (Lipinski definition) is 4. The smallest absolute Gasteiger partial charge is 0.336 e. The zero-order chi connectivity index (χ0) is 15.1. The summed E-state index contributed by atoms with van der Waals surface area (Å²) in [7, 11) is 0. The summed E-state index contributed by atoms with van der Waals surface area (Å²) in [5.41, 5.74) is 5.18. The SMILES string of the molecule is C=C/C=N\C(NNC(=O)N1CC(C)CC(C)C1)=C(/C)O. The van der Waals surface area contributed by atoms with Crippen LogP contribution in [-0.2, 0) is 0 Å². The molecule has 1 rings (SSSR count). The fraction of sp³-hybridized carbons (Fsp3) is 0.571. The Morgan fingerprint density at radius 3 is 2.45 bits per heavy atom. The molecule has 6 nitrogen and oxygen atoms in total. The molecule has 112 valence electrons. The Hall–Kier alpha value is -1.98. The Balaban J connectivity index is 2.55. The first-order valence-corrected chi connectivity index (χ1v) is 6.79. The largest absolute Gasteiger partial charge is 0.509 e. The number of amides is 2. The van der Waals surface area contributed by atoms with Crippen molar-refractivity contribution in [2.75, 3.05) is 13.1 Å². The number of piperidine rings is 1. The van der Waals surface area contributed by atoms with E-state index in [1.807, 2.05) is 0 Å². The summed E-state index contributed by atoms with van der Waals surface area (Å²) in [5.74, 6) is 1.18. The van der Waals surface area contributed by atoms with Gasteiger partial charge in [0.05, 0.1) is 0 Å². The highest BCUT2D eigenvalue weighted by molar-refractivity contribution is 5.74.